The van der Waals surface area contributed by atoms with E-state index in [4.69, 9.17) is 10.5 Å². The monoisotopic (exact) mass is 270 g/mol. The van der Waals surface area contributed by atoms with Crippen LogP contribution in [0.3, 0.4) is 0 Å². The van der Waals surface area contributed by atoms with Crippen molar-refractivity contribution in [2.24, 2.45) is 5.73 Å². The molecule has 3 nitrogen and oxygen atoms in total. The fourth-order valence-electron chi connectivity index (χ4n) is 3.99. The number of hydrogen-bond acceptors (Lipinski definition) is 4. The minimum Gasteiger partial charge on any atom is -0.374 e. The summed E-state index contributed by atoms with van der Waals surface area (Å²) in [6.45, 7) is 3.10. The lowest BCUT2D eigenvalue weighted by Gasteiger charge is -2.43. The Morgan fingerprint density at radius 1 is 1.39 bits per heavy atom. The predicted octanol–water partition coefficient (Wildman–Crippen LogP) is 1.85. The zero-order valence-corrected chi connectivity index (χ0v) is 12.1. The molecule has 0 aliphatic carbocycles. The number of hydrogen-bond donors (Lipinski definition) is 1. The summed E-state index contributed by atoms with van der Waals surface area (Å²) in [4.78, 5) is 2.76. The fraction of sp³-hybridized carbons (Fsp3) is 1.00. The van der Waals surface area contributed by atoms with Gasteiger partial charge in [0, 0.05) is 24.4 Å². The van der Waals surface area contributed by atoms with Gasteiger partial charge in [-0.15, -0.1) is 0 Å². The summed E-state index contributed by atoms with van der Waals surface area (Å²) in [7, 11) is 0. The molecule has 0 amide bonds. The van der Waals surface area contributed by atoms with Crippen LogP contribution in [0.5, 0.6) is 0 Å². The summed E-state index contributed by atoms with van der Waals surface area (Å²) in [6.07, 6.45) is 7.66. The van der Waals surface area contributed by atoms with Gasteiger partial charge in [-0.1, -0.05) is 0 Å². The van der Waals surface area contributed by atoms with Crippen molar-refractivity contribution in [2.75, 3.05) is 31.2 Å². The van der Waals surface area contributed by atoms with Gasteiger partial charge in [0.2, 0.25) is 0 Å². The van der Waals surface area contributed by atoms with Crippen LogP contribution in [0.25, 0.3) is 0 Å². The summed E-state index contributed by atoms with van der Waals surface area (Å²) in [5.74, 6) is 2.51. The van der Waals surface area contributed by atoms with Crippen LogP contribution in [0.2, 0.25) is 0 Å². The third-order valence-corrected chi connectivity index (χ3v) is 6.15. The molecule has 3 heterocycles. The molecule has 3 aliphatic rings. The molecule has 0 bridgehead atoms. The number of likely N-dealkylation sites (tertiary alicyclic amines) is 1. The second-order valence-electron chi connectivity index (χ2n) is 6.09. The molecule has 1 spiro atoms. The number of nitrogens with two attached hydrogens (primary N) is 1. The number of rotatable bonds is 3. The van der Waals surface area contributed by atoms with Crippen molar-refractivity contribution in [3.05, 3.63) is 0 Å². The highest BCUT2D eigenvalue weighted by atomic mass is 32.2. The number of nitrogens with zero attached hydrogens (tertiary/aromatic N) is 1. The molecule has 3 fully saturated rings. The molecular weight excluding hydrogens is 244 g/mol. The van der Waals surface area contributed by atoms with Crippen LogP contribution >= 0.6 is 11.8 Å². The van der Waals surface area contributed by atoms with Gasteiger partial charge in [-0.25, -0.2) is 0 Å². The summed E-state index contributed by atoms with van der Waals surface area (Å²) < 4.78 is 6.14. The van der Waals surface area contributed by atoms with Gasteiger partial charge in [-0.2, -0.15) is 11.8 Å². The van der Waals surface area contributed by atoms with Crippen molar-refractivity contribution in [1.29, 1.82) is 0 Å². The Morgan fingerprint density at radius 2 is 2.33 bits per heavy atom. The van der Waals surface area contributed by atoms with Gasteiger partial charge < -0.3 is 10.5 Å². The first-order valence-corrected chi connectivity index (χ1v) is 8.66. The van der Waals surface area contributed by atoms with E-state index in [-0.39, 0.29) is 5.60 Å². The molecule has 18 heavy (non-hydrogen) atoms. The molecule has 0 aromatic carbocycles. The molecule has 3 unspecified atom stereocenters. The van der Waals surface area contributed by atoms with Crippen LogP contribution < -0.4 is 5.73 Å². The van der Waals surface area contributed by atoms with E-state index >= 15 is 0 Å². The lowest BCUT2D eigenvalue weighted by atomic mass is 9.88. The zero-order chi connectivity index (χ0) is 12.4. The topological polar surface area (TPSA) is 38.5 Å². The molecule has 0 radical (unpaired) electrons. The van der Waals surface area contributed by atoms with E-state index in [1.807, 2.05) is 0 Å². The van der Waals surface area contributed by atoms with Gasteiger partial charge in [0.1, 0.15) is 0 Å². The Labute approximate surface area is 115 Å². The van der Waals surface area contributed by atoms with E-state index in [0.717, 1.165) is 25.2 Å². The molecule has 3 aliphatic heterocycles. The average molecular weight is 270 g/mol. The lowest BCUT2D eigenvalue weighted by Crippen LogP contribution is -2.50. The largest absolute Gasteiger partial charge is 0.374 e. The smallest absolute Gasteiger partial charge is 0.0795 e. The lowest BCUT2D eigenvalue weighted by molar-refractivity contribution is -0.0914. The van der Waals surface area contributed by atoms with E-state index in [1.165, 1.54) is 56.6 Å². The third kappa shape index (κ3) is 2.58. The van der Waals surface area contributed by atoms with Crippen molar-refractivity contribution in [2.45, 2.75) is 56.2 Å². The highest BCUT2D eigenvalue weighted by Crippen LogP contribution is 2.41. The molecular formula is C14H26N2OS. The molecule has 2 N–H and O–H groups in total. The minimum atomic E-state index is 0.226. The van der Waals surface area contributed by atoms with E-state index in [9.17, 15) is 0 Å². The average Bonchev–Trinajstić information content (AvgIpc) is 3.00. The maximum Gasteiger partial charge on any atom is 0.0795 e. The first-order chi connectivity index (χ1) is 8.83. The Kier molecular flexibility index (Phi) is 4.18. The van der Waals surface area contributed by atoms with Crippen molar-refractivity contribution in [3.8, 4) is 0 Å². The SMILES string of the molecule is NCCC1CCCN1C1CCOC2(CCSC2)C1. The quantitative estimate of drug-likeness (QED) is 0.849. The normalized spacial score (nSPS) is 41.8. The van der Waals surface area contributed by atoms with Gasteiger partial charge in [0.05, 0.1) is 5.60 Å². The first-order valence-electron chi connectivity index (χ1n) is 7.50. The van der Waals surface area contributed by atoms with Crippen LogP contribution in [0, 0.1) is 0 Å². The minimum absolute atomic E-state index is 0.226. The summed E-state index contributed by atoms with van der Waals surface area (Å²) in [6, 6.07) is 1.51. The van der Waals surface area contributed by atoms with Gasteiger partial charge in [-0.3, -0.25) is 4.90 Å². The Morgan fingerprint density at radius 3 is 3.11 bits per heavy atom. The number of ether oxygens (including phenoxy) is 1. The molecule has 104 valence electrons. The first kappa shape index (κ1) is 13.2. The Hall–Kier alpha value is 0.230. The van der Waals surface area contributed by atoms with Crippen molar-refractivity contribution < 1.29 is 4.74 Å². The van der Waals surface area contributed by atoms with Gasteiger partial charge in [0.25, 0.3) is 0 Å². The van der Waals surface area contributed by atoms with E-state index in [0.29, 0.717) is 0 Å². The van der Waals surface area contributed by atoms with Crippen molar-refractivity contribution in [3.63, 3.8) is 0 Å². The molecule has 3 atom stereocenters. The second-order valence-corrected chi connectivity index (χ2v) is 7.20. The maximum atomic E-state index is 6.14. The molecule has 0 aromatic rings. The highest BCUT2D eigenvalue weighted by Gasteiger charge is 2.43. The molecule has 3 saturated heterocycles. The summed E-state index contributed by atoms with van der Waals surface area (Å²) in [5, 5.41) is 0. The van der Waals surface area contributed by atoms with Gasteiger partial charge in [0.15, 0.2) is 0 Å². The predicted molar refractivity (Wildman–Crippen MR) is 77.0 cm³/mol. The van der Waals surface area contributed by atoms with Gasteiger partial charge in [-0.05, 0) is 57.4 Å². The number of thioether (sulfide) groups is 1. The van der Waals surface area contributed by atoms with Crippen LogP contribution in [-0.2, 0) is 4.74 Å². The molecule has 4 heteroatoms. The fourth-order valence-corrected chi connectivity index (χ4v) is 5.37. The van der Waals surface area contributed by atoms with Crippen molar-refractivity contribution in [1.82, 2.24) is 4.90 Å². The maximum absolute atomic E-state index is 6.14. The van der Waals surface area contributed by atoms with Crippen molar-refractivity contribution >= 4 is 11.8 Å². The molecule has 0 saturated carbocycles. The van der Waals surface area contributed by atoms with Gasteiger partial charge >= 0.3 is 0 Å². The summed E-state index contributed by atoms with van der Waals surface area (Å²) >= 11 is 2.07. The Balaban J connectivity index is 1.64. The van der Waals surface area contributed by atoms with E-state index in [2.05, 4.69) is 16.7 Å². The molecule has 3 rings (SSSR count). The highest BCUT2D eigenvalue weighted by molar-refractivity contribution is 7.99. The Bertz CT molecular complexity index is 281. The van der Waals surface area contributed by atoms with Crippen LogP contribution in [0.4, 0.5) is 0 Å². The third-order valence-electron chi connectivity index (χ3n) is 4.93. The van der Waals surface area contributed by atoms with E-state index in [1.54, 1.807) is 0 Å². The van der Waals surface area contributed by atoms with E-state index < -0.39 is 0 Å². The second kappa shape index (κ2) is 5.70. The summed E-state index contributed by atoms with van der Waals surface area (Å²) in [5.41, 5.74) is 5.99. The van der Waals surface area contributed by atoms with Crippen LogP contribution in [0.15, 0.2) is 0 Å². The molecule has 0 aromatic heterocycles. The van der Waals surface area contributed by atoms with Crippen LogP contribution in [-0.4, -0.2) is 53.8 Å². The zero-order valence-electron chi connectivity index (χ0n) is 11.3. The van der Waals surface area contributed by atoms with Crippen LogP contribution in [0.1, 0.15) is 38.5 Å². The standard InChI is InChI=1S/C14H26N2OS/c15-6-3-12-2-1-7-16(12)13-4-8-17-14(10-13)5-9-18-11-14/h12-13H,1-11,15H2.